The highest BCUT2D eigenvalue weighted by Gasteiger charge is 2.28. The lowest BCUT2D eigenvalue weighted by Crippen LogP contribution is -2.46. The van der Waals surface area contributed by atoms with Crippen LogP contribution in [-0.4, -0.2) is 73.4 Å². The fourth-order valence-electron chi connectivity index (χ4n) is 12.6. The standard InChI is InChI=1S/C79H157N2O6P/c1-6-8-10-12-14-16-18-20-22-24-26-28-30-32-34-36-37-38-39-40-41-42-43-45-47-49-51-53-55-57-59-61-63-65-67-69-71-73-79(83)80-77(76-87-88(84,85)86-75-74-81(3,4)5)78(82)72-70-68-66-64-62-60-58-56-54-52-50-48-46-44-35-33-31-29-27-25-23-21-19-17-15-13-11-9-7-2/h18,20,24,26,77-78,82H,6-17,19,21-23,25,27-76H2,1-5H3,(H-,80,83,84,85)/p+1/b20-18-,26-24-. The summed E-state index contributed by atoms with van der Waals surface area (Å²) in [6.45, 7) is 4.95. The molecule has 0 saturated heterocycles. The molecule has 0 aliphatic heterocycles. The number of carbonyl (C=O) groups is 1. The van der Waals surface area contributed by atoms with Gasteiger partial charge in [-0.15, -0.1) is 0 Å². The van der Waals surface area contributed by atoms with Gasteiger partial charge in [-0.1, -0.05) is 398 Å². The number of amides is 1. The minimum atomic E-state index is -4.33. The van der Waals surface area contributed by atoms with E-state index in [9.17, 15) is 19.4 Å². The average molecular weight is 1260 g/mol. The largest absolute Gasteiger partial charge is 0.472 e. The first kappa shape index (κ1) is 87.0. The zero-order chi connectivity index (χ0) is 64.1. The van der Waals surface area contributed by atoms with Crippen molar-refractivity contribution in [3.63, 3.8) is 0 Å². The minimum absolute atomic E-state index is 0.0783. The molecule has 0 spiro atoms. The lowest BCUT2D eigenvalue weighted by atomic mass is 10.0. The SMILES string of the molecule is CCCCCCC/C=C\C/C=C\CCCCCCCCCCCCCCCCCCCCCCCCCCCC(=O)NC(COP(=O)(O)OCC[N+](C)(C)C)C(O)CCCCCCCCCCCCCCCCCCCCCCCCCCCCCCC. The number of allylic oxidation sites excluding steroid dienone is 4. The van der Waals surface area contributed by atoms with Gasteiger partial charge in [0.15, 0.2) is 0 Å². The topological polar surface area (TPSA) is 105 Å². The molecule has 3 atom stereocenters. The molecule has 0 aliphatic rings. The predicted octanol–water partition coefficient (Wildman–Crippen LogP) is 25.8. The van der Waals surface area contributed by atoms with E-state index in [4.69, 9.17) is 9.05 Å². The number of likely N-dealkylation sites (N-methyl/N-ethyl adjacent to an activating group) is 1. The fraction of sp³-hybridized carbons (Fsp3) is 0.937. The Balaban J connectivity index is 3.90. The van der Waals surface area contributed by atoms with Crippen LogP contribution < -0.4 is 5.32 Å². The molecule has 0 aromatic rings. The van der Waals surface area contributed by atoms with Crippen LogP contribution in [0.1, 0.15) is 425 Å². The van der Waals surface area contributed by atoms with Crippen molar-refractivity contribution < 1.29 is 32.9 Å². The van der Waals surface area contributed by atoms with E-state index in [1.54, 1.807) is 0 Å². The zero-order valence-electron chi connectivity index (χ0n) is 60.3. The Hall–Kier alpha value is -1.02. The predicted molar refractivity (Wildman–Crippen MR) is 388 cm³/mol. The zero-order valence-corrected chi connectivity index (χ0v) is 61.2. The first-order chi connectivity index (χ1) is 43.0. The second kappa shape index (κ2) is 70.3. The van der Waals surface area contributed by atoms with Crippen LogP contribution in [0.3, 0.4) is 0 Å². The van der Waals surface area contributed by atoms with E-state index >= 15 is 0 Å². The molecule has 0 saturated carbocycles. The van der Waals surface area contributed by atoms with Crippen LogP contribution in [0.25, 0.3) is 0 Å². The fourth-order valence-corrected chi connectivity index (χ4v) is 13.3. The Labute approximate surface area is 551 Å². The van der Waals surface area contributed by atoms with Gasteiger partial charge in [0.1, 0.15) is 13.2 Å². The third-order valence-corrected chi connectivity index (χ3v) is 19.7. The van der Waals surface area contributed by atoms with Gasteiger partial charge < -0.3 is 19.8 Å². The molecule has 0 bridgehead atoms. The number of quaternary nitrogens is 1. The summed E-state index contributed by atoms with van der Waals surface area (Å²) in [4.78, 5) is 23.5. The van der Waals surface area contributed by atoms with E-state index in [1.807, 2.05) is 21.1 Å². The summed E-state index contributed by atoms with van der Waals surface area (Å²) >= 11 is 0. The quantitative estimate of drug-likeness (QED) is 0.0243. The van der Waals surface area contributed by atoms with E-state index in [-0.39, 0.29) is 19.1 Å². The number of hydrogen-bond acceptors (Lipinski definition) is 5. The second-order valence-corrected chi connectivity index (χ2v) is 30.3. The molecule has 1 amide bonds. The third-order valence-electron chi connectivity index (χ3n) is 18.7. The highest BCUT2D eigenvalue weighted by atomic mass is 31.2. The van der Waals surface area contributed by atoms with Crippen molar-refractivity contribution in [3.8, 4) is 0 Å². The van der Waals surface area contributed by atoms with Crippen molar-refractivity contribution in [2.75, 3.05) is 40.9 Å². The second-order valence-electron chi connectivity index (χ2n) is 28.8. The normalized spacial score (nSPS) is 13.6. The number of rotatable bonds is 75. The molecule has 0 aliphatic carbocycles. The Morgan fingerprint density at radius 3 is 0.932 bits per heavy atom. The lowest BCUT2D eigenvalue weighted by molar-refractivity contribution is -0.870. The summed E-state index contributed by atoms with van der Waals surface area (Å²) in [6, 6.07) is -0.760. The van der Waals surface area contributed by atoms with Gasteiger partial charge in [0, 0.05) is 6.42 Å². The molecular weight excluding hydrogens is 1100 g/mol. The Kier molecular flexibility index (Phi) is 69.5. The minimum Gasteiger partial charge on any atom is -0.391 e. The maximum absolute atomic E-state index is 13.1. The number of nitrogens with zero attached hydrogens (tertiary/aromatic N) is 1. The first-order valence-electron chi connectivity index (χ1n) is 39.7. The van der Waals surface area contributed by atoms with Gasteiger partial charge in [-0.25, -0.2) is 4.57 Å². The summed E-state index contributed by atoms with van der Waals surface area (Å²) in [6.07, 6.45) is 93.3. The molecule has 0 aromatic carbocycles. The van der Waals surface area contributed by atoms with Crippen molar-refractivity contribution in [1.29, 1.82) is 0 Å². The molecule has 88 heavy (non-hydrogen) atoms. The number of phosphoric ester groups is 1. The molecule has 0 fully saturated rings. The molecule has 9 heteroatoms. The van der Waals surface area contributed by atoms with E-state index in [0.717, 1.165) is 44.9 Å². The number of hydrogen-bond donors (Lipinski definition) is 3. The van der Waals surface area contributed by atoms with Crippen molar-refractivity contribution in [1.82, 2.24) is 5.32 Å². The van der Waals surface area contributed by atoms with Gasteiger partial charge in [-0.3, -0.25) is 13.8 Å². The van der Waals surface area contributed by atoms with Crippen LogP contribution >= 0.6 is 7.82 Å². The van der Waals surface area contributed by atoms with Crippen LogP contribution in [0, 0.1) is 0 Å². The molecule has 0 radical (unpaired) electrons. The van der Waals surface area contributed by atoms with Crippen LogP contribution in [0.2, 0.25) is 0 Å². The Morgan fingerprint density at radius 1 is 0.386 bits per heavy atom. The van der Waals surface area contributed by atoms with E-state index in [1.165, 1.54) is 353 Å². The van der Waals surface area contributed by atoms with Crippen molar-refractivity contribution in [2.45, 2.75) is 437 Å². The summed E-state index contributed by atoms with van der Waals surface area (Å²) in [7, 11) is 1.64. The molecule has 3 unspecified atom stereocenters. The number of aliphatic hydroxyl groups excluding tert-OH is 1. The Bertz CT molecular complexity index is 1480. The van der Waals surface area contributed by atoms with Gasteiger partial charge >= 0.3 is 7.82 Å². The summed E-state index contributed by atoms with van der Waals surface area (Å²) in [5.74, 6) is -0.133. The van der Waals surface area contributed by atoms with Crippen LogP contribution in [-0.2, 0) is 18.4 Å². The van der Waals surface area contributed by atoms with Gasteiger partial charge in [0.2, 0.25) is 5.91 Å². The first-order valence-corrected chi connectivity index (χ1v) is 41.2. The lowest BCUT2D eigenvalue weighted by Gasteiger charge is -2.26. The average Bonchev–Trinajstić information content (AvgIpc) is 3.70. The monoisotopic (exact) mass is 1260 g/mol. The highest BCUT2D eigenvalue weighted by Crippen LogP contribution is 2.43. The molecule has 0 aromatic heterocycles. The number of phosphoric acid groups is 1. The van der Waals surface area contributed by atoms with Crippen LogP contribution in [0.5, 0.6) is 0 Å². The number of unbranched alkanes of at least 4 members (excludes halogenated alkanes) is 58. The summed E-state index contributed by atoms with van der Waals surface area (Å²) in [5, 5.41) is 14.2. The smallest absolute Gasteiger partial charge is 0.391 e. The van der Waals surface area contributed by atoms with Crippen molar-refractivity contribution in [3.05, 3.63) is 24.3 Å². The van der Waals surface area contributed by atoms with Gasteiger partial charge in [-0.2, -0.15) is 0 Å². The van der Waals surface area contributed by atoms with Crippen LogP contribution in [0.15, 0.2) is 24.3 Å². The molecule has 0 rings (SSSR count). The highest BCUT2D eigenvalue weighted by molar-refractivity contribution is 7.47. The van der Waals surface area contributed by atoms with Gasteiger partial charge in [0.25, 0.3) is 0 Å². The van der Waals surface area contributed by atoms with Crippen LogP contribution in [0.4, 0.5) is 0 Å². The van der Waals surface area contributed by atoms with Gasteiger partial charge in [0.05, 0.1) is 39.9 Å². The maximum Gasteiger partial charge on any atom is 0.472 e. The van der Waals surface area contributed by atoms with E-state index in [0.29, 0.717) is 23.9 Å². The molecule has 524 valence electrons. The molecule has 8 nitrogen and oxygen atoms in total. The van der Waals surface area contributed by atoms with Gasteiger partial charge in [-0.05, 0) is 44.9 Å². The van der Waals surface area contributed by atoms with Crippen molar-refractivity contribution in [2.24, 2.45) is 0 Å². The van der Waals surface area contributed by atoms with E-state index < -0.39 is 20.0 Å². The Morgan fingerprint density at radius 2 is 0.648 bits per heavy atom. The molecule has 0 heterocycles. The maximum atomic E-state index is 13.1. The number of aliphatic hydroxyl groups is 1. The van der Waals surface area contributed by atoms with Crippen molar-refractivity contribution >= 4 is 13.7 Å². The van der Waals surface area contributed by atoms with E-state index in [2.05, 4.69) is 43.5 Å². The number of nitrogens with one attached hydrogen (secondary N) is 1. The molecule has 3 N–H and O–H groups in total. The molecular formula is C79H158N2O6P+. The summed E-state index contributed by atoms with van der Waals surface area (Å²) in [5.41, 5.74) is 0. The number of carbonyl (C=O) groups excluding carboxylic acids is 1. The summed E-state index contributed by atoms with van der Waals surface area (Å²) < 4.78 is 24.0. The third kappa shape index (κ3) is 72.4.